The molecule has 3 aliphatic carbocycles. The first-order chi connectivity index (χ1) is 7.57. The van der Waals surface area contributed by atoms with E-state index in [1.165, 1.54) is 6.20 Å². The fourth-order valence-electron chi connectivity index (χ4n) is 2.71. The van der Waals surface area contributed by atoms with Crippen LogP contribution in [-0.2, 0) is 9.53 Å². The van der Waals surface area contributed by atoms with Gasteiger partial charge in [-0.25, -0.2) is 4.98 Å². The Hall–Kier alpha value is -1.14. The largest absolute Gasteiger partial charge is 0.498 e. The zero-order valence-corrected chi connectivity index (χ0v) is 9.63. The highest BCUT2D eigenvalue weighted by Crippen LogP contribution is 2.69. The summed E-state index contributed by atoms with van der Waals surface area (Å²) in [4.78, 5) is 15.8. The van der Waals surface area contributed by atoms with Crippen LogP contribution < -0.4 is 5.32 Å². The van der Waals surface area contributed by atoms with E-state index in [9.17, 15) is 4.79 Å². The minimum Gasteiger partial charge on any atom is -0.498 e. The van der Waals surface area contributed by atoms with Crippen LogP contribution in [0.2, 0.25) is 0 Å². The Kier molecular flexibility index (Phi) is 1.85. The van der Waals surface area contributed by atoms with Crippen molar-refractivity contribution in [2.75, 3.05) is 12.4 Å². The number of aromatic nitrogens is 1. The first-order valence-corrected chi connectivity index (χ1v) is 5.91. The zero-order chi connectivity index (χ0) is 11.4. The number of anilines is 1. The first kappa shape index (κ1) is 10.0. The molecule has 0 aliphatic heterocycles. The number of hydrogen-bond donors (Lipinski definition) is 2. The van der Waals surface area contributed by atoms with Crippen LogP contribution >= 0.6 is 11.3 Å². The van der Waals surface area contributed by atoms with Crippen molar-refractivity contribution in [1.82, 2.24) is 4.98 Å². The molecule has 1 heterocycles. The molecule has 6 heteroatoms. The van der Waals surface area contributed by atoms with Gasteiger partial charge in [0.2, 0.25) is 5.91 Å². The maximum atomic E-state index is 11.9. The molecule has 4 rings (SSSR count). The Bertz CT molecular complexity index is 437. The van der Waals surface area contributed by atoms with Crippen LogP contribution in [0.3, 0.4) is 0 Å². The number of nitrogens with zero attached hydrogens (tertiary/aromatic N) is 1. The van der Waals surface area contributed by atoms with Gasteiger partial charge in [0, 0.05) is 7.11 Å². The van der Waals surface area contributed by atoms with Crippen LogP contribution in [-0.4, -0.2) is 28.7 Å². The van der Waals surface area contributed by atoms with E-state index in [0.717, 1.165) is 30.6 Å². The molecule has 0 unspecified atom stereocenters. The summed E-state index contributed by atoms with van der Waals surface area (Å²) in [5.74, 6) is 0.000718. The van der Waals surface area contributed by atoms with Gasteiger partial charge < -0.3 is 15.2 Å². The Balaban J connectivity index is 1.64. The van der Waals surface area contributed by atoms with E-state index in [-0.39, 0.29) is 22.0 Å². The predicted octanol–water partition coefficient (Wildman–Crippen LogP) is 1.36. The Morgan fingerprint density at radius 1 is 1.62 bits per heavy atom. The monoisotopic (exact) mass is 240 g/mol. The molecule has 3 fully saturated rings. The summed E-state index contributed by atoms with van der Waals surface area (Å²) in [5.41, 5.74) is -0.264. The molecule has 0 radical (unpaired) electrons. The summed E-state index contributed by atoms with van der Waals surface area (Å²) in [7, 11) is 1.69. The molecule has 3 aliphatic rings. The quantitative estimate of drug-likeness (QED) is 0.836. The van der Waals surface area contributed by atoms with Crippen LogP contribution in [0, 0.1) is 5.41 Å². The lowest BCUT2D eigenvalue weighted by molar-refractivity contribution is -0.260. The van der Waals surface area contributed by atoms with E-state index in [1.807, 2.05) is 0 Å². The lowest BCUT2D eigenvalue weighted by atomic mass is 9.41. The summed E-state index contributed by atoms with van der Waals surface area (Å²) in [6, 6.07) is 0. The third-order valence-corrected chi connectivity index (χ3v) is 4.33. The number of amides is 1. The highest BCUT2D eigenvalue weighted by atomic mass is 32.1. The van der Waals surface area contributed by atoms with E-state index < -0.39 is 0 Å². The van der Waals surface area contributed by atoms with Gasteiger partial charge in [-0.2, -0.15) is 0 Å². The number of aromatic hydroxyl groups is 1. The SMILES string of the molecule is COC12CC(C(=O)Nc3ncc(O)s3)(C1)C2. The molecule has 86 valence electrons. The van der Waals surface area contributed by atoms with E-state index in [0.29, 0.717) is 5.13 Å². The molecule has 0 saturated heterocycles. The third kappa shape index (κ3) is 1.20. The van der Waals surface area contributed by atoms with Crippen molar-refractivity contribution in [2.45, 2.75) is 24.9 Å². The van der Waals surface area contributed by atoms with E-state index >= 15 is 0 Å². The summed E-state index contributed by atoms with van der Waals surface area (Å²) < 4.78 is 5.34. The van der Waals surface area contributed by atoms with Crippen LogP contribution in [0.15, 0.2) is 6.20 Å². The van der Waals surface area contributed by atoms with Gasteiger partial charge >= 0.3 is 0 Å². The van der Waals surface area contributed by atoms with Crippen molar-refractivity contribution < 1.29 is 14.6 Å². The minimum absolute atomic E-state index is 0.000718. The van der Waals surface area contributed by atoms with Gasteiger partial charge in [-0.15, -0.1) is 0 Å². The number of methoxy groups -OCH3 is 1. The molecule has 0 spiro atoms. The van der Waals surface area contributed by atoms with Gasteiger partial charge in [0.25, 0.3) is 0 Å². The van der Waals surface area contributed by atoms with Crippen molar-refractivity contribution in [3.8, 4) is 5.06 Å². The molecule has 2 bridgehead atoms. The van der Waals surface area contributed by atoms with Crippen LogP contribution in [0.4, 0.5) is 5.13 Å². The fraction of sp³-hybridized carbons (Fsp3) is 0.600. The summed E-state index contributed by atoms with van der Waals surface area (Å²) in [6.45, 7) is 0. The third-order valence-electron chi connectivity index (χ3n) is 3.61. The predicted molar refractivity (Wildman–Crippen MR) is 58.4 cm³/mol. The highest BCUT2D eigenvalue weighted by Gasteiger charge is 2.72. The summed E-state index contributed by atoms with van der Waals surface area (Å²) >= 11 is 1.07. The van der Waals surface area contributed by atoms with Crippen molar-refractivity contribution in [3.63, 3.8) is 0 Å². The van der Waals surface area contributed by atoms with E-state index in [1.54, 1.807) is 7.11 Å². The minimum atomic E-state index is -0.239. The maximum Gasteiger partial charge on any atom is 0.232 e. The smallest absolute Gasteiger partial charge is 0.232 e. The van der Waals surface area contributed by atoms with Gasteiger partial charge in [-0.05, 0) is 19.3 Å². The maximum absolute atomic E-state index is 11.9. The molecule has 1 amide bonds. The van der Waals surface area contributed by atoms with Gasteiger partial charge in [-0.3, -0.25) is 4.79 Å². The van der Waals surface area contributed by atoms with Crippen molar-refractivity contribution >= 4 is 22.4 Å². The zero-order valence-electron chi connectivity index (χ0n) is 8.82. The Labute approximate surface area is 96.5 Å². The van der Waals surface area contributed by atoms with Crippen LogP contribution in [0.1, 0.15) is 19.3 Å². The van der Waals surface area contributed by atoms with Crippen LogP contribution in [0.25, 0.3) is 0 Å². The second-order valence-electron chi connectivity index (χ2n) is 4.66. The molecule has 1 aromatic rings. The normalized spacial score (nSPS) is 35.1. The van der Waals surface area contributed by atoms with Crippen LogP contribution in [0.5, 0.6) is 5.06 Å². The molecule has 5 nitrogen and oxygen atoms in total. The van der Waals surface area contributed by atoms with Crippen molar-refractivity contribution in [3.05, 3.63) is 6.20 Å². The Morgan fingerprint density at radius 2 is 2.31 bits per heavy atom. The second kappa shape index (κ2) is 2.95. The standard InChI is InChI=1S/C10H12N2O3S/c1-15-10-3-9(4-10,5-10)7(14)12-8-11-2-6(13)16-8/h2,13H,3-5H2,1H3,(H,11,12,14). The van der Waals surface area contributed by atoms with Crippen molar-refractivity contribution in [1.29, 1.82) is 0 Å². The lowest BCUT2D eigenvalue weighted by Gasteiger charge is -2.67. The number of rotatable bonds is 3. The number of carbonyl (C=O) groups excluding carboxylic acids is 1. The van der Waals surface area contributed by atoms with E-state index in [4.69, 9.17) is 9.84 Å². The topological polar surface area (TPSA) is 71.5 Å². The lowest BCUT2D eigenvalue weighted by Crippen LogP contribution is -2.72. The van der Waals surface area contributed by atoms with Gasteiger partial charge in [0.15, 0.2) is 10.2 Å². The number of nitrogens with one attached hydrogen (secondary N) is 1. The van der Waals surface area contributed by atoms with Gasteiger partial charge in [-0.1, -0.05) is 11.3 Å². The molecular weight excluding hydrogens is 228 g/mol. The molecular formula is C10H12N2O3S. The van der Waals surface area contributed by atoms with Crippen molar-refractivity contribution in [2.24, 2.45) is 5.41 Å². The summed E-state index contributed by atoms with van der Waals surface area (Å²) in [6.07, 6.45) is 3.75. The molecule has 0 aromatic carbocycles. The van der Waals surface area contributed by atoms with Gasteiger partial charge in [0.1, 0.15) is 0 Å². The average Bonchev–Trinajstić information content (AvgIpc) is 2.47. The number of hydrogen-bond acceptors (Lipinski definition) is 5. The molecule has 0 atom stereocenters. The Morgan fingerprint density at radius 3 is 2.81 bits per heavy atom. The number of carbonyl (C=O) groups is 1. The molecule has 16 heavy (non-hydrogen) atoms. The molecule has 1 aromatic heterocycles. The highest BCUT2D eigenvalue weighted by molar-refractivity contribution is 7.17. The summed E-state index contributed by atoms with van der Waals surface area (Å²) in [5, 5.41) is 12.4. The fourth-order valence-corrected chi connectivity index (χ4v) is 3.26. The average molecular weight is 240 g/mol. The van der Waals surface area contributed by atoms with Gasteiger partial charge in [0.05, 0.1) is 17.2 Å². The molecule has 3 saturated carbocycles. The second-order valence-corrected chi connectivity index (χ2v) is 5.66. The number of thiazole rings is 1. The molecule has 2 N–H and O–H groups in total. The van der Waals surface area contributed by atoms with E-state index in [2.05, 4.69) is 10.3 Å². The number of ether oxygens (including phenoxy) is 1. The first-order valence-electron chi connectivity index (χ1n) is 5.09.